The third-order valence-electron chi connectivity index (χ3n) is 1.75. The van der Waals surface area contributed by atoms with E-state index >= 15 is 0 Å². The van der Waals surface area contributed by atoms with Gasteiger partial charge in [0, 0.05) is 0 Å². The van der Waals surface area contributed by atoms with Gasteiger partial charge in [-0.1, -0.05) is 0 Å². The molecule has 0 atom stereocenters. The predicted octanol–water partition coefficient (Wildman–Crippen LogP) is 2.34. The average Bonchev–Trinajstić information content (AvgIpc) is 2.00. The first-order chi connectivity index (χ1) is 5.56. The lowest BCUT2D eigenvalue weighted by atomic mass is 9.76. The van der Waals surface area contributed by atoms with Gasteiger partial charge < -0.3 is 0 Å². The van der Waals surface area contributed by atoms with Crippen molar-refractivity contribution in [1.29, 1.82) is 0 Å². The van der Waals surface area contributed by atoms with Crippen molar-refractivity contribution in [3.8, 4) is 0 Å². The van der Waals surface area contributed by atoms with E-state index in [-0.39, 0.29) is 0 Å². The summed E-state index contributed by atoms with van der Waals surface area (Å²) in [5, 5.41) is 0.730. The van der Waals surface area contributed by atoms with Crippen LogP contribution in [0.25, 0.3) is 0 Å². The van der Waals surface area contributed by atoms with Gasteiger partial charge in [0.1, 0.15) is 0 Å². The quantitative estimate of drug-likeness (QED) is 0.371. The van der Waals surface area contributed by atoms with Gasteiger partial charge in [-0.05, 0) is 5.18 Å². The minimum Gasteiger partial charge on any atom is -0.200 e. The van der Waals surface area contributed by atoms with Gasteiger partial charge in [-0.15, -0.1) is 4.91 Å². The molecule has 2 nitrogen and oxygen atoms in total. The molecule has 0 radical (unpaired) electrons. The second-order valence-corrected chi connectivity index (χ2v) is 2.44. The van der Waals surface area contributed by atoms with Gasteiger partial charge in [0.25, 0.3) is 0 Å². The number of nitrogens with zero attached hydrogens (tertiary/aromatic N) is 1. The Kier molecular flexibility index (Phi) is 1.53. The monoisotopic (exact) mass is 211 g/mol. The zero-order chi connectivity index (χ0) is 10.7. The van der Waals surface area contributed by atoms with Gasteiger partial charge in [-0.25, -0.2) is 0 Å². The molecule has 1 aliphatic carbocycles. The van der Waals surface area contributed by atoms with E-state index in [2.05, 4.69) is 0 Å². The standard InChI is InChI=1S/C4F7NO/c5-1(6)2(7,8)4(11,12-13)3(1,9)10. The molecule has 0 N–H and O–H groups in total. The maximum absolute atomic E-state index is 12.2. The molecule has 0 amide bonds. The predicted molar refractivity (Wildman–Crippen MR) is 24.5 cm³/mol. The Balaban J connectivity index is 3.26. The van der Waals surface area contributed by atoms with Gasteiger partial charge in [-0.3, -0.25) is 0 Å². The maximum Gasteiger partial charge on any atom is 0.383 e. The lowest BCUT2D eigenvalue weighted by Gasteiger charge is -2.49. The second-order valence-electron chi connectivity index (χ2n) is 2.44. The van der Waals surface area contributed by atoms with Crippen LogP contribution >= 0.6 is 0 Å². The molecule has 0 aromatic carbocycles. The highest BCUT2D eigenvalue weighted by atomic mass is 19.4. The molecule has 0 saturated heterocycles. The molecule has 1 aliphatic rings. The molecule has 0 aromatic rings. The zero-order valence-corrected chi connectivity index (χ0v) is 5.50. The fourth-order valence-electron chi connectivity index (χ4n) is 0.863. The largest absolute Gasteiger partial charge is 0.383 e. The molecule has 9 heteroatoms. The summed E-state index contributed by atoms with van der Waals surface area (Å²) < 4.78 is 83.7. The molecule has 0 bridgehead atoms. The number of halogens is 7. The highest BCUT2D eigenvalue weighted by Gasteiger charge is 3.02. The van der Waals surface area contributed by atoms with Crippen molar-refractivity contribution >= 4 is 0 Å². The maximum atomic E-state index is 12.2. The molecule has 1 saturated carbocycles. The summed E-state index contributed by atoms with van der Waals surface area (Å²) in [5.41, 5.74) is 0. The van der Waals surface area contributed by atoms with E-state index in [9.17, 15) is 35.6 Å². The molecule has 76 valence electrons. The van der Waals surface area contributed by atoms with Crippen LogP contribution in [-0.2, 0) is 0 Å². The van der Waals surface area contributed by atoms with E-state index in [0.29, 0.717) is 0 Å². The number of hydrogen-bond acceptors (Lipinski definition) is 2. The number of hydrogen-bond donors (Lipinski definition) is 0. The molecule has 0 aliphatic heterocycles. The second kappa shape index (κ2) is 1.95. The Morgan fingerprint density at radius 1 is 0.692 bits per heavy atom. The van der Waals surface area contributed by atoms with Crippen LogP contribution in [0.5, 0.6) is 0 Å². The van der Waals surface area contributed by atoms with Crippen LogP contribution in [-0.4, -0.2) is 23.6 Å². The molecule has 0 heterocycles. The average molecular weight is 211 g/mol. The minimum absolute atomic E-state index is 0.730. The number of alkyl halides is 7. The lowest BCUT2D eigenvalue weighted by Crippen LogP contribution is -2.83. The van der Waals surface area contributed by atoms with E-state index < -0.39 is 23.6 Å². The van der Waals surface area contributed by atoms with Crippen LogP contribution in [0, 0.1) is 4.91 Å². The van der Waals surface area contributed by atoms with Gasteiger partial charge in [-0.2, -0.15) is 30.7 Å². The summed E-state index contributed by atoms with van der Waals surface area (Å²) in [4.78, 5) is 9.31. The molecule has 0 spiro atoms. The summed E-state index contributed by atoms with van der Waals surface area (Å²) in [6.07, 6.45) is 0. The first kappa shape index (κ1) is 10.2. The third-order valence-corrected chi connectivity index (χ3v) is 1.75. The summed E-state index contributed by atoms with van der Waals surface area (Å²) in [6, 6.07) is 0. The van der Waals surface area contributed by atoms with Crippen molar-refractivity contribution in [3.05, 3.63) is 4.91 Å². The van der Waals surface area contributed by atoms with E-state index in [0.717, 1.165) is 5.18 Å². The molecule has 1 fully saturated rings. The smallest absolute Gasteiger partial charge is 0.200 e. The highest BCUT2D eigenvalue weighted by Crippen LogP contribution is 2.69. The number of nitroso groups, excluding NO2 is 1. The van der Waals surface area contributed by atoms with Crippen molar-refractivity contribution in [1.82, 2.24) is 0 Å². The summed E-state index contributed by atoms with van der Waals surface area (Å²) in [6.45, 7) is 0. The highest BCUT2D eigenvalue weighted by molar-refractivity contribution is 5.26. The van der Waals surface area contributed by atoms with Gasteiger partial charge in [0.15, 0.2) is 0 Å². The Bertz CT molecular complexity index is 243. The first-order valence-corrected chi connectivity index (χ1v) is 2.73. The van der Waals surface area contributed by atoms with Gasteiger partial charge in [0.05, 0.1) is 0 Å². The van der Waals surface area contributed by atoms with Crippen molar-refractivity contribution in [2.24, 2.45) is 5.18 Å². The van der Waals surface area contributed by atoms with Crippen LogP contribution in [0.15, 0.2) is 5.18 Å². The Hall–Kier alpha value is -0.890. The van der Waals surface area contributed by atoms with E-state index in [1.165, 1.54) is 0 Å². The summed E-state index contributed by atoms with van der Waals surface area (Å²) in [5.74, 6) is -22.8. The molecule has 0 unspecified atom stereocenters. The van der Waals surface area contributed by atoms with Crippen molar-refractivity contribution < 1.29 is 30.7 Å². The molecular formula is C4F7NO. The Labute approximate surface area is 65.7 Å². The van der Waals surface area contributed by atoms with Crippen LogP contribution in [0.2, 0.25) is 0 Å². The van der Waals surface area contributed by atoms with E-state index in [1.54, 1.807) is 0 Å². The zero-order valence-electron chi connectivity index (χ0n) is 5.50. The fourth-order valence-corrected chi connectivity index (χ4v) is 0.863. The van der Waals surface area contributed by atoms with Crippen molar-refractivity contribution in [2.45, 2.75) is 23.6 Å². The van der Waals surface area contributed by atoms with E-state index in [1.807, 2.05) is 0 Å². The van der Waals surface area contributed by atoms with E-state index in [4.69, 9.17) is 0 Å². The van der Waals surface area contributed by atoms with Crippen LogP contribution in [0.1, 0.15) is 0 Å². The fraction of sp³-hybridized carbons (Fsp3) is 1.00. The van der Waals surface area contributed by atoms with Crippen molar-refractivity contribution in [2.75, 3.05) is 0 Å². The Morgan fingerprint density at radius 3 is 1.15 bits per heavy atom. The van der Waals surface area contributed by atoms with Gasteiger partial charge in [0.2, 0.25) is 0 Å². The topological polar surface area (TPSA) is 29.4 Å². The van der Waals surface area contributed by atoms with Crippen LogP contribution in [0.3, 0.4) is 0 Å². The van der Waals surface area contributed by atoms with Crippen LogP contribution < -0.4 is 0 Å². The summed E-state index contributed by atoms with van der Waals surface area (Å²) in [7, 11) is 0. The van der Waals surface area contributed by atoms with Crippen LogP contribution in [0.4, 0.5) is 30.7 Å². The molecular weight excluding hydrogens is 211 g/mol. The SMILES string of the molecule is O=NC1(F)C(F)(F)C(F)(F)C1(F)F. The minimum atomic E-state index is -5.89. The molecule has 1 rings (SSSR count). The lowest BCUT2D eigenvalue weighted by molar-refractivity contribution is -0.471. The first-order valence-electron chi connectivity index (χ1n) is 2.73. The Morgan fingerprint density at radius 2 is 1.00 bits per heavy atom. The summed E-state index contributed by atoms with van der Waals surface area (Å²) >= 11 is 0. The molecule has 13 heavy (non-hydrogen) atoms. The third kappa shape index (κ3) is 0.635. The number of rotatable bonds is 1. The molecule has 0 aromatic heterocycles. The van der Waals surface area contributed by atoms with Crippen molar-refractivity contribution in [3.63, 3.8) is 0 Å². The normalized spacial score (nSPS) is 31.9. The van der Waals surface area contributed by atoms with Gasteiger partial charge >= 0.3 is 23.6 Å².